The van der Waals surface area contributed by atoms with Crippen molar-refractivity contribution in [3.05, 3.63) is 35.4 Å². The van der Waals surface area contributed by atoms with Crippen LogP contribution in [0.4, 0.5) is 0 Å². The van der Waals surface area contributed by atoms with Crippen molar-refractivity contribution < 1.29 is 9.90 Å². The van der Waals surface area contributed by atoms with Gasteiger partial charge in [-0.2, -0.15) is 0 Å². The lowest BCUT2D eigenvalue weighted by molar-refractivity contribution is -0.143. The van der Waals surface area contributed by atoms with Gasteiger partial charge in [0, 0.05) is 6.54 Å². The van der Waals surface area contributed by atoms with Gasteiger partial charge in [-0.15, -0.1) is 0 Å². The first-order valence-corrected chi connectivity index (χ1v) is 6.07. The topological polar surface area (TPSA) is 63.3 Å². The molecule has 0 aliphatic carbocycles. The van der Waals surface area contributed by atoms with Gasteiger partial charge < -0.3 is 10.8 Å². The molecule has 1 rings (SSSR count). The highest BCUT2D eigenvalue weighted by Crippen LogP contribution is 2.30. The summed E-state index contributed by atoms with van der Waals surface area (Å²) in [7, 11) is 0. The molecule has 1 aromatic carbocycles. The summed E-state index contributed by atoms with van der Waals surface area (Å²) in [5.41, 5.74) is 6.71. The molecule has 1 atom stereocenters. The maximum absolute atomic E-state index is 11.6. The van der Waals surface area contributed by atoms with Gasteiger partial charge in [-0.1, -0.05) is 49.6 Å². The Balaban J connectivity index is 3.16. The van der Waals surface area contributed by atoms with E-state index < -0.39 is 11.4 Å². The standard InChI is InChI=1S/C14H21NO2/c1-3-4-8-14(10-15,13(16)17)12-7-5-6-11(2)9-12/h5-7,9H,3-4,8,10,15H2,1-2H3,(H,16,17). The van der Waals surface area contributed by atoms with Crippen LogP contribution in [0.25, 0.3) is 0 Å². The normalized spacial score (nSPS) is 14.3. The second kappa shape index (κ2) is 5.82. The van der Waals surface area contributed by atoms with Crippen molar-refractivity contribution in [3.63, 3.8) is 0 Å². The van der Waals surface area contributed by atoms with E-state index in [1.807, 2.05) is 31.2 Å². The first kappa shape index (κ1) is 13.7. The Morgan fingerprint density at radius 1 is 1.47 bits per heavy atom. The van der Waals surface area contributed by atoms with E-state index in [0.717, 1.165) is 24.0 Å². The Bertz CT molecular complexity index is 390. The number of benzene rings is 1. The molecule has 1 aromatic rings. The lowest BCUT2D eigenvalue weighted by atomic mass is 9.76. The molecule has 0 spiro atoms. The predicted octanol–water partition coefficient (Wildman–Crippen LogP) is 2.47. The van der Waals surface area contributed by atoms with Crippen molar-refractivity contribution in [1.82, 2.24) is 0 Å². The summed E-state index contributed by atoms with van der Waals surface area (Å²) < 4.78 is 0. The average Bonchev–Trinajstić information content (AvgIpc) is 2.30. The van der Waals surface area contributed by atoms with Gasteiger partial charge in [0.2, 0.25) is 0 Å². The van der Waals surface area contributed by atoms with Gasteiger partial charge in [0.05, 0.1) is 0 Å². The Morgan fingerprint density at radius 2 is 2.18 bits per heavy atom. The van der Waals surface area contributed by atoms with E-state index in [2.05, 4.69) is 6.92 Å². The molecular weight excluding hydrogens is 214 g/mol. The summed E-state index contributed by atoms with van der Waals surface area (Å²) in [5.74, 6) is -0.820. The Kier molecular flexibility index (Phi) is 4.70. The molecule has 0 bridgehead atoms. The summed E-state index contributed by atoms with van der Waals surface area (Å²) in [5, 5.41) is 9.51. The van der Waals surface area contributed by atoms with Gasteiger partial charge in [-0.25, -0.2) is 0 Å². The van der Waals surface area contributed by atoms with E-state index in [1.165, 1.54) is 0 Å². The van der Waals surface area contributed by atoms with Crippen LogP contribution >= 0.6 is 0 Å². The summed E-state index contributed by atoms with van der Waals surface area (Å²) in [4.78, 5) is 11.6. The molecule has 94 valence electrons. The highest BCUT2D eigenvalue weighted by molar-refractivity contribution is 5.81. The molecule has 0 amide bonds. The fourth-order valence-corrected chi connectivity index (χ4v) is 2.10. The Morgan fingerprint density at radius 3 is 2.65 bits per heavy atom. The summed E-state index contributed by atoms with van der Waals surface area (Å²) >= 11 is 0. The molecule has 0 saturated carbocycles. The van der Waals surface area contributed by atoms with Gasteiger partial charge in [-0.05, 0) is 18.9 Å². The molecule has 3 nitrogen and oxygen atoms in total. The zero-order valence-electron chi connectivity index (χ0n) is 10.6. The number of hydrogen-bond donors (Lipinski definition) is 2. The Hall–Kier alpha value is -1.35. The predicted molar refractivity (Wildman–Crippen MR) is 69.1 cm³/mol. The first-order chi connectivity index (χ1) is 8.06. The first-order valence-electron chi connectivity index (χ1n) is 6.07. The zero-order valence-corrected chi connectivity index (χ0v) is 10.6. The number of carboxylic acids is 1. The minimum atomic E-state index is -0.929. The van der Waals surface area contributed by atoms with Gasteiger partial charge in [0.25, 0.3) is 0 Å². The zero-order chi connectivity index (χ0) is 12.9. The number of unbranched alkanes of at least 4 members (excludes halogenated alkanes) is 1. The van der Waals surface area contributed by atoms with Crippen LogP contribution in [-0.4, -0.2) is 17.6 Å². The monoisotopic (exact) mass is 235 g/mol. The largest absolute Gasteiger partial charge is 0.481 e. The Labute approximate surface area is 103 Å². The molecule has 0 radical (unpaired) electrons. The number of nitrogens with two attached hydrogens (primary N) is 1. The van der Waals surface area contributed by atoms with Gasteiger partial charge >= 0.3 is 5.97 Å². The lowest BCUT2D eigenvalue weighted by Gasteiger charge is -2.28. The number of carbonyl (C=O) groups is 1. The maximum Gasteiger partial charge on any atom is 0.315 e. The molecule has 3 N–H and O–H groups in total. The van der Waals surface area contributed by atoms with Crippen LogP contribution in [0, 0.1) is 6.92 Å². The van der Waals surface area contributed by atoms with Crippen molar-refractivity contribution in [2.45, 2.75) is 38.5 Å². The average molecular weight is 235 g/mol. The van der Waals surface area contributed by atoms with E-state index >= 15 is 0 Å². The van der Waals surface area contributed by atoms with Crippen molar-refractivity contribution in [2.75, 3.05) is 6.54 Å². The van der Waals surface area contributed by atoms with Crippen molar-refractivity contribution in [1.29, 1.82) is 0 Å². The second-order valence-electron chi connectivity index (χ2n) is 4.56. The number of carboxylic acid groups (broad SMARTS) is 1. The van der Waals surface area contributed by atoms with Crippen molar-refractivity contribution in [3.8, 4) is 0 Å². The molecule has 0 aliphatic rings. The van der Waals surface area contributed by atoms with Crippen LogP contribution in [0.3, 0.4) is 0 Å². The number of aryl methyl sites for hydroxylation is 1. The minimum Gasteiger partial charge on any atom is -0.481 e. The third kappa shape index (κ3) is 2.86. The summed E-state index contributed by atoms with van der Waals surface area (Å²) in [6.07, 6.45) is 2.44. The molecule has 17 heavy (non-hydrogen) atoms. The minimum absolute atomic E-state index is 0.145. The lowest BCUT2D eigenvalue weighted by Crippen LogP contribution is -2.43. The van der Waals surface area contributed by atoms with E-state index in [4.69, 9.17) is 5.73 Å². The fraction of sp³-hybridized carbons (Fsp3) is 0.500. The van der Waals surface area contributed by atoms with E-state index in [9.17, 15) is 9.90 Å². The number of hydrogen-bond acceptors (Lipinski definition) is 2. The quantitative estimate of drug-likeness (QED) is 0.796. The number of rotatable bonds is 6. The third-order valence-electron chi connectivity index (χ3n) is 3.29. The highest BCUT2D eigenvalue weighted by atomic mass is 16.4. The maximum atomic E-state index is 11.6. The number of aliphatic carboxylic acids is 1. The van der Waals surface area contributed by atoms with Gasteiger partial charge in [0.1, 0.15) is 5.41 Å². The molecule has 1 unspecified atom stereocenters. The van der Waals surface area contributed by atoms with E-state index in [-0.39, 0.29) is 6.54 Å². The highest BCUT2D eigenvalue weighted by Gasteiger charge is 2.38. The van der Waals surface area contributed by atoms with E-state index in [0.29, 0.717) is 6.42 Å². The second-order valence-corrected chi connectivity index (χ2v) is 4.56. The summed E-state index contributed by atoms with van der Waals surface area (Å²) in [6.45, 7) is 4.16. The van der Waals surface area contributed by atoms with Crippen LogP contribution in [0.2, 0.25) is 0 Å². The molecule has 0 aromatic heterocycles. The fourth-order valence-electron chi connectivity index (χ4n) is 2.10. The third-order valence-corrected chi connectivity index (χ3v) is 3.29. The van der Waals surface area contributed by atoms with Crippen LogP contribution in [0.5, 0.6) is 0 Å². The van der Waals surface area contributed by atoms with Crippen LogP contribution in [-0.2, 0) is 10.2 Å². The van der Waals surface area contributed by atoms with Crippen LogP contribution in [0.15, 0.2) is 24.3 Å². The summed E-state index contributed by atoms with van der Waals surface area (Å²) in [6, 6.07) is 7.65. The molecule has 3 heteroatoms. The molecular formula is C14H21NO2. The van der Waals surface area contributed by atoms with Crippen molar-refractivity contribution in [2.24, 2.45) is 5.73 Å². The van der Waals surface area contributed by atoms with Crippen molar-refractivity contribution >= 4 is 5.97 Å². The molecule has 0 heterocycles. The van der Waals surface area contributed by atoms with Crippen LogP contribution < -0.4 is 5.73 Å². The van der Waals surface area contributed by atoms with Gasteiger partial charge in [-0.3, -0.25) is 4.79 Å². The van der Waals surface area contributed by atoms with E-state index in [1.54, 1.807) is 0 Å². The van der Waals surface area contributed by atoms with Gasteiger partial charge in [0.15, 0.2) is 0 Å². The molecule has 0 aliphatic heterocycles. The van der Waals surface area contributed by atoms with Crippen LogP contribution in [0.1, 0.15) is 37.3 Å². The SMILES string of the molecule is CCCCC(CN)(C(=O)O)c1cccc(C)c1. The smallest absolute Gasteiger partial charge is 0.315 e. The molecule has 0 saturated heterocycles. The molecule has 0 fully saturated rings.